The van der Waals surface area contributed by atoms with Crippen LogP contribution >= 0.6 is 11.8 Å². The van der Waals surface area contributed by atoms with Crippen molar-refractivity contribution < 1.29 is 4.79 Å². The zero-order chi connectivity index (χ0) is 14.6. The summed E-state index contributed by atoms with van der Waals surface area (Å²) in [5, 5.41) is 1.01. The van der Waals surface area contributed by atoms with Crippen LogP contribution in [0.2, 0.25) is 0 Å². The molecule has 0 atom stereocenters. The van der Waals surface area contributed by atoms with Gasteiger partial charge in [-0.2, -0.15) is 0 Å². The molecule has 0 aliphatic carbocycles. The predicted octanol–water partition coefficient (Wildman–Crippen LogP) is 3.57. The summed E-state index contributed by atoms with van der Waals surface area (Å²) >= 11 is 1.67. The van der Waals surface area contributed by atoms with Gasteiger partial charge in [-0.3, -0.25) is 4.79 Å². The Hall–Kier alpha value is -2.20. The monoisotopic (exact) mass is 294 g/mol. The van der Waals surface area contributed by atoms with Gasteiger partial charge < -0.3 is 9.80 Å². The first kappa shape index (κ1) is 12.5. The number of hydrogen-bond donors (Lipinski definition) is 0. The molecular weight excluding hydrogens is 280 g/mol. The second kappa shape index (κ2) is 4.40. The maximum absolute atomic E-state index is 12.7. The molecule has 104 valence electrons. The van der Waals surface area contributed by atoms with Crippen molar-refractivity contribution in [2.24, 2.45) is 0 Å². The summed E-state index contributed by atoms with van der Waals surface area (Å²) in [6, 6.07) is 16.2. The highest BCUT2D eigenvalue weighted by Crippen LogP contribution is 2.50. The van der Waals surface area contributed by atoms with Gasteiger partial charge in [0.2, 0.25) is 0 Å². The van der Waals surface area contributed by atoms with Gasteiger partial charge in [-0.05, 0) is 18.2 Å². The molecule has 2 aromatic rings. The van der Waals surface area contributed by atoms with Gasteiger partial charge >= 0.3 is 0 Å². The second-order valence-corrected chi connectivity index (χ2v) is 6.22. The van der Waals surface area contributed by atoms with Gasteiger partial charge in [0.1, 0.15) is 0 Å². The van der Waals surface area contributed by atoms with E-state index in [1.54, 1.807) is 16.7 Å². The molecule has 0 unspecified atom stereocenters. The van der Waals surface area contributed by atoms with Crippen LogP contribution in [0.3, 0.4) is 0 Å². The summed E-state index contributed by atoms with van der Waals surface area (Å²) in [5.74, 6) is 0.0679. The smallest absolute Gasteiger partial charge is 0.261 e. The molecule has 0 N–H and O–H groups in total. The van der Waals surface area contributed by atoms with E-state index in [0.717, 1.165) is 27.5 Å². The summed E-state index contributed by atoms with van der Waals surface area (Å²) in [6.45, 7) is 0. The number of anilines is 2. The Kier molecular flexibility index (Phi) is 2.62. The fraction of sp³-hybridized carbons (Fsp3) is 0.118. The Morgan fingerprint density at radius 2 is 1.52 bits per heavy atom. The second-order valence-electron chi connectivity index (χ2n) is 5.19. The van der Waals surface area contributed by atoms with Crippen molar-refractivity contribution in [3.05, 3.63) is 59.1 Å². The number of hydrogen-bond acceptors (Lipinski definition) is 3. The Balaban J connectivity index is 1.93. The highest BCUT2D eigenvalue weighted by molar-refractivity contribution is 8.04. The Bertz CT molecular complexity index is 797. The van der Waals surface area contributed by atoms with Crippen molar-refractivity contribution in [3.63, 3.8) is 0 Å². The van der Waals surface area contributed by atoms with Crippen molar-refractivity contribution in [2.75, 3.05) is 23.9 Å². The first-order chi connectivity index (χ1) is 10.2. The number of rotatable bonds is 0. The Morgan fingerprint density at radius 3 is 2.29 bits per heavy atom. The highest BCUT2D eigenvalue weighted by atomic mass is 32.2. The van der Waals surface area contributed by atoms with Gasteiger partial charge in [-0.1, -0.05) is 42.1 Å². The minimum atomic E-state index is 0.0679. The van der Waals surface area contributed by atoms with E-state index in [1.165, 1.54) is 4.90 Å². The molecule has 1 amide bonds. The fourth-order valence-corrected chi connectivity index (χ4v) is 4.10. The number of thioether (sulfide) groups is 1. The lowest BCUT2D eigenvalue weighted by Crippen LogP contribution is -2.22. The molecule has 0 spiro atoms. The summed E-state index contributed by atoms with van der Waals surface area (Å²) in [6.07, 6.45) is 0. The van der Waals surface area contributed by atoms with Crippen LogP contribution in [0, 0.1) is 0 Å². The minimum absolute atomic E-state index is 0.0679. The number of amides is 1. The van der Waals surface area contributed by atoms with Crippen LogP contribution in [0.15, 0.2) is 58.5 Å². The zero-order valence-corrected chi connectivity index (χ0v) is 12.6. The van der Waals surface area contributed by atoms with Gasteiger partial charge in [0.15, 0.2) is 0 Å². The Labute approximate surface area is 127 Å². The minimum Gasteiger partial charge on any atom is -0.337 e. The third-order valence-corrected chi connectivity index (χ3v) is 5.24. The number of nitrogens with zero attached hydrogens (tertiary/aromatic N) is 2. The normalized spacial score (nSPS) is 20.0. The van der Waals surface area contributed by atoms with Crippen LogP contribution in [-0.2, 0) is 4.79 Å². The van der Waals surface area contributed by atoms with Gasteiger partial charge in [0.05, 0.1) is 22.0 Å². The predicted molar refractivity (Wildman–Crippen MR) is 87.5 cm³/mol. The molecule has 2 aliphatic rings. The zero-order valence-electron chi connectivity index (χ0n) is 11.8. The molecule has 0 bridgehead atoms. The fourth-order valence-electron chi connectivity index (χ4n) is 2.90. The van der Waals surface area contributed by atoms with Crippen LogP contribution in [0.4, 0.5) is 11.4 Å². The number of fused-ring (bicyclic) bond motifs is 2. The van der Waals surface area contributed by atoms with Gasteiger partial charge in [0, 0.05) is 24.6 Å². The summed E-state index contributed by atoms with van der Waals surface area (Å²) in [7, 11) is 3.86. The van der Waals surface area contributed by atoms with Crippen LogP contribution in [0.25, 0.3) is 5.57 Å². The third-order valence-electron chi connectivity index (χ3n) is 4.00. The van der Waals surface area contributed by atoms with E-state index >= 15 is 0 Å². The van der Waals surface area contributed by atoms with Crippen molar-refractivity contribution >= 4 is 34.6 Å². The van der Waals surface area contributed by atoms with E-state index in [2.05, 4.69) is 17.0 Å². The molecule has 2 aromatic carbocycles. The van der Waals surface area contributed by atoms with Gasteiger partial charge in [0.25, 0.3) is 5.91 Å². The van der Waals surface area contributed by atoms with Crippen molar-refractivity contribution in [3.8, 4) is 0 Å². The molecule has 4 heteroatoms. The summed E-state index contributed by atoms with van der Waals surface area (Å²) in [5.41, 5.74) is 3.96. The average Bonchev–Trinajstić information content (AvgIpc) is 2.96. The number of carbonyl (C=O) groups is 1. The number of para-hydroxylation sites is 2. The molecule has 0 aromatic heterocycles. The lowest BCUT2D eigenvalue weighted by molar-refractivity contribution is -0.112. The first-order valence-corrected chi connectivity index (χ1v) is 7.62. The first-order valence-electron chi connectivity index (χ1n) is 6.81. The summed E-state index contributed by atoms with van der Waals surface area (Å²) in [4.78, 5) is 17.7. The average molecular weight is 294 g/mol. The topological polar surface area (TPSA) is 23.6 Å². The lowest BCUT2D eigenvalue weighted by atomic mass is 10.1. The van der Waals surface area contributed by atoms with Crippen molar-refractivity contribution in [1.29, 1.82) is 0 Å². The molecule has 21 heavy (non-hydrogen) atoms. The van der Waals surface area contributed by atoms with E-state index in [-0.39, 0.29) is 5.91 Å². The van der Waals surface area contributed by atoms with Crippen molar-refractivity contribution in [1.82, 2.24) is 0 Å². The van der Waals surface area contributed by atoms with Crippen molar-refractivity contribution in [2.45, 2.75) is 4.90 Å². The highest BCUT2D eigenvalue weighted by Gasteiger charge is 2.36. The molecular formula is C17H14N2OS. The maximum Gasteiger partial charge on any atom is 0.261 e. The molecule has 0 fully saturated rings. The third kappa shape index (κ3) is 1.66. The lowest BCUT2D eigenvalue weighted by Gasteiger charge is -2.15. The van der Waals surface area contributed by atoms with Gasteiger partial charge in [-0.15, -0.1) is 0 Å². The number of benzene rings is 2. The van der Waals surface area contributed by atoms with Crippen LogP contribution in [-0.4, -0.2) is 20.0 Å². The summed E-state index contributed by atoms with van der Waals surface area (Å²) < 4.78 is 0. The quantitative estimate of drug-likeness (QED) is 0.694. The van der Waals surface area contributed by atoms with E-state index in [9.17, 15) is 4.79 Å². The molecule has 0 saturated heterocycles. The standard InChI is InChI=1S/C17H14N2OS/c1-18-12-8-4-3-7-11(12)15(16(18)20)17-19(2)13-9-5-6-10-14(13)21-17/h3-10H,1-2H3. The molecule has 3 nitrogen and oxygen atoms in total. The largest absolute Gasteiger partial charge is 0.337 e. The molecule has 2 heterocycles. The van der Waals surface area contributed by atoms with Gasteiger partial charge in [-0.25, -0.2) is 0 Å². The molecule has 0 radical (unpaired) electrons. The number of carbonyl (C=O) groups excluding carboxylic acids is 1. The van der Waals surface area contributed by atoms with E-state index in [4.69, 9.17) is 0 Å². The number of likely N-dealkylation sites (N-methyl/N-ethyl adjacent to an activating group) is 1. The molecule has 0 saturated carbocycles. The maximum atomic E-state index is 12.7. The van der Waals surface area contributed by atoms with Crippen LogP contribution in [0.5, 0.6) is 0 Å². The SMILES string of the molecule is CN1C(=C2C(=O)N(C)c3ccccc32)Sc2ccccc21. The van der Waals surface area contributed by atoms with Crippen LogP contribution < -0.4 is 9.80 Å². The Morgan fingerprint density at radius 1 is 0.857 bits per heavy atom. The van der Waals surface area contributed by atoms with E-state index < -0.39 is 0 Å². The molecule has 4 rings (SSSR count). The van der Waals surface area contributed by atoms with E-state index in [0.29, 0.717) is 0 Å². The molecule has 2 aliphatic heterocycles. The van der Waals surface area contributed by atoms with Crippen LogP contribution in [0.1, 0.15) is 5.56 Å². The van der Waals surface area contributed by atoms with E-state index in [1.807, 2.05) is 50.5 Å².